The van der Waals surface area contributed by atoms with Gasteiger partial charge in [0.1, 0.15) is 18.0 Å². The van der Waals surface area contributed by atoms with Crippen molar-refractivity contribution >= 4 is 21.5 Å². The van der Waals surface area contributed by atoms with E-state index < -0.39 is 9.84 Å². The van der Waals surface area contributed by atoms with E-state index in [2.05, 4.69) is 34.0 Å². The summed E-state index contributed by atoms with van der Waals surface area (Å²) in [4.78, 5) is 10.6. The van der Waals surface area contributed by atoms with Crippen LogP contribution in [0.2, 0.25) is 0 Å². The van der Waals surface area contributed by atoms with Crippen molar-refractivity contribution in [3.63, 3.8) is 0 Å². The lowest BCUT2D eigenvalue weighted by Gasteiger charge is -2.28. The highest BCUT2D eigenvalue weighted by atomic mass is 32.2. The van der Waals surface area contributed by atoms with Gasteiger partial charge in [-0.05, 0) is 25.7 Å². The van der Waals surface area contributed by atoms with Gasteiger partial charge in [-0.15, -0.1) is 0 Å². The standard InChI is InChI=1S/C15H26N4O2S/c1-4-19(13-6-8-22(20,21)10-13)15-9-14(17-11-18-15)16-7-5-12(2)3/h9,11-13H,4-8,10H2,1-3H3,(H,16,17,18). The Hall–Kier alpha value is -1.37. The minimum absolute atomic E-state index is 0.0217. The second kappa shape index (κ2) is 7.26. The number of rotatable bonds is 7. The summed E-state index contributed by atoms with van der Waals surface area (Å²) >= 11 is 0. The van der Waals surface area contributed by atoms with Crippen LogP contribution in [-0.2, 0) is 9.84 Å². The molecule has 0 aliphatic carbocycles. The average Bonchev–Trinajstić information content (AvgIpc) is 2.80. The smallest absolute Gasteiger partial charge is 0.152 e. The molecule has 0 aromatic carbocycles. The van der Waals surface area contributed by atoms with E-state index in [0.29, 0.717) is 12.3 Å². The van der Waals surface area contributed by atoms with Crippen LogP contribution in [0.3, 0.4) is 0 Å². The van der Waals surface area contributed by atoms with E-state index in [0.717, 1.165) is 31.1 Å². The Morgan fingerprint density at radius 1 is 1.41 bits per heavy atom. The van der Waals surface area contributed by atoms with E-state index in [4.69, 9.17) is 0 Å². The van der Waals surface area contributed by atoms with Gasteiger partial charge in [0.05, 0.1) is 11.5 Å². The maximum atomic E-state index is 11.7. The molecule has 2 rings (SSSR count). The zero-order valence-corrected chi connectivity index (χ0v) is 14.4. The number of nitrogens with one attached hydrogen (secondary N) is 1. The maximum Gasteiger partial charge on any atom is 0.152 e. The van der Waals surface area contributed by atoms with Crippen molar-refractivity contribution in [2.24, 2.45) is 5.92 Å². The van der Waals surface area contributed by atoms with Gasteiger partial charge < -0.3 is 10.2 Å². The Morgan fingerprint density at radius 3 is 2.77 bits per heavy atom. The van der Waals surface area contributed by atoms with Crippen LogP contribution < -0.4 is 10.2 Å². The normalized spacial score (nSPS) is 20.3. The van der Waals surface area contributed by atoms with Crippen molar-refractivity contribution in [3.05, 3.63) is 12.4 Å². The van der Waals surface area contributed by atoms with Crippen LogP contribution in [-0.4, -0.2) is 49.0 Å². The van der Waals surface area contributed by atoms with Gasteiger partial charge in [-0.25, -0.2) is 18.4 Å². The topological polar surface area (TPSA) is 75.2 Å². The molecule has 6 nitrogen and oxygen atoms in total. The molecule has 1 N–H and O–H groups in total. The third kappa shape index (κ3) is 4.56. The Morgan fingerprint density at radius 2 is 2.18 bits per heavy atom. The summed E-state index contributed by atoms with van der Waals surface area (Å²) in [6, 6.07) is 1.93. The van der Waals surface area contributed by atoms with Crippen LogP contribution >= 0.6 is 0 Å². The van der Waals surface area contributed by atoms with Gasteiger partial charge >= 0.3 is 0 Å². The molecule has 2 heterocycles. The molecule has 1 aliphatic heterocycles. The molecule has 1 atom stereocenters. The number of aromatic nitrogens is 2. The van der Waals surface area contributed by atoms with Gasteiger partial charge in [0.2, 0.25) is 0 Å². The first kappa shape index (κ1) is 17.0. The molecule has 1 unspecified atom stereocenters. The molecule has 7 heteroatoms. The summed E-state index contributed by atoms with van der Waals surface area (Å²) in [6.45, 7) is 8.01. The first-order valence-electron chi connectivity index (χ1n) is 7.94. The Balaban J connectivity index is 2.06. The molecule has 0 radical (unpaired) electrons. The van der Waals surface area contributed by atoms with Gasteiger partial charge in [0, 0.05) is 25.2 Å². The lowest BCUT2D eigenvalue weighted by molar-refractivity contribution is 0.599. The largest absolute Gasteiger partial charge is 0.370 e. The Bertz CT molecular complexity index is 589. The monoisotopic (exact) mass is 326 g/mol. The quantitative estimate of drug-likeness (QED) is 0.825. The Labute approximate surface area is 133 Å². The molecule has 1 aromatic heterocycles. The van der Waals surface area contributed by atoms with Gasteiger partial charge in [-0.2, -0.15) is 0 Å². The van der Waals surface area contributed by atoms with Gasteiger partial charge in [-0.3, -0.25) is 0 Å². The zero-order chi connectivity index (χ0) is 16.2. The molecule has 1 saturated heterocycles. The summed E-state index contributed by atoms with van der Waals surface area (Å²) in [7, 11) is -2.89. The second-order valence-corrected chi connectivity index (χ2v) is 8.44. The van der Waals surface area contributed by atoms with Crippen molar-refractivity contribution in [1.29, 1.82) is 0 Å². The molecule has 124 valence electrons. The lowest BCUT2D eigenvalue weighted by atomic mass is 10.1. The molecule has 22 heavy (non-hydrogen) atoms. The van der Waals surface area contributed by atoms with Gasteiger partial charge in [0.25, 0.3) is 0 Å². The third-order valence-electron chi connectivity index (χ3n) is 3.96. The number of hydrogen-bond acceptors (Lipinski definition) is 6. The third-order valence-corrected chi connectivity index (χ3v) is 5.71. The van der Waals surface area contributed by atoms with Crippen LogP contribution in [0, 0.1) is 5.92 Å². The van der Waals surface area contributed by atoms with E-state index in [1.807, 2.05) is 13.0 Å². The van der Waals surface area contributed by atoms with Crippen molar-refractivity contribution in [2.45, 2.75) is 39.7 Å². The van der Waals surface area contributed by atoms with Crippen molar-refractivity contribution < 1.29 is 8.42 Å². The van der Waals surface area contributed by atoms with Crippen molar-refractivity contribution in [1.82, 2.24) is 9.97 Å². The fourth-order valence-electron chi connectivity index (χ4n) is 2.72. The summed E-state index contributed by atoms with van der Waals surface area (Å²) in [5.41, 5.74) is 0. The van der Waals surface area contributed by atoms with E-state index >= 15 is 0 Å². The molecule has 0 saturated carbocycles. The molecule has 1 aromatic rings. The highest BCUT2D eigenvalue weighted by Crippen LogP contribution is 2.23. The van der Waals surface area contributed by atoms with Crippen LogP contribution in [0.25, 0.3) is 0 Å². The molecular weight excluding hydrogens is 300 g/mol. The zero-order valence-electron chi connectivity index (χ0n) is 13.6. The van der Waals surface area contributed by atoms with Crippen LogP contribution in [0.15, 0.2) is 12.4 Å². The number of anilines is 2. The van der Waals surface area contributed by atoms with Crippen LogP contribution in [0.1, 0.15) is 33.6 Å². The van der Waals surface area contributed by atoms with Gasteiger partial charge in [-0.1, -0.05) is 13.8 Å². The first-order valence-corrected chi connectivity index (χ1v) is 9.76. The van der Waals surface area contributed by atoms with E-state index in [-0.39, 0.29) is 17.5 Å². The van der Waals surface area contributed by atoms with E-state index in [1.165, 1.54) is 0 Å². The number of nitrogens with zero attached hydrogens (tertiary/aromatic N) is 3. The highest BCUT2D eigenvalue weighted by molar-refractivity contribution is 7.91. The average molecular weight is 326 g/mol. The molecule has 1 aliphatic rings. The fourth-order valence-corrected chi connectivity index (χ4v) is 4.45. The van der Waals surface area contributed by atoms with Crippen molar-refractivity contribution in [3.8, 4) is 0 Å². The van der Waals surface area contributed by atoms with Crippen LogP contribution in [0.5, 0.6) is 0 Å². The SMILES string of the molecule is CCN(c1cc(NCCC(C)C)ncn1)C1CCS(=O)(=O)C1. The minimum Gasteiger partial charge on any atom is -0.370 e. The predicted octanol–water partition coefficient (Wildman–Crippen LogP) is 1.95. The number of hydrogen-bond donors (Lipinski definition) is 1. The lowest BCUT2D eigenvalue weighted by Crippen LogP contribution is -2.36. The van der Waals surface area contributed by atoms with Gasteiger partial charge in [0.15, 0.2) is 9.84 Å². The number of sulfone groups is 1. The molecular formula is C15H26N4O2S. The second-order valence-electron chi connectivity index (χ2n) is 6.21. The predicted molar refractivity (Wildman–Crippen MR) is 90.1 cm³/mol. The van der Waals surface area contributed by atoms with E-state index in [9.17, 15) is 8.42 Å². The molecule has 0 spiro atoms. The Kier molecular flexibility index (Phi) is 5.61. The minimum atomic E-state index is -2.89. The van der Waals surface area contributed by atoms with Crippen molar-refractivity contribution in [2.75, 3.05) is 34.8 Å². The summed E-state index contributed by atoms with van der Waals surface area (Å²) in [5, 5.41) is 3.31. The molecule has 0 bridgehead atoms. The highest BCUT2D eigenvalue weighted by Gasteiger charge is 2.32. The maximum absolute atomic E-state index is 11.7. The fraction of sp³-hybridized carbons (Fsp3) is 0.733. The van der Waals surface area contributed by atoms with Crippen LogP contribution in [0.4, 0.5) is 11.6 Å². The molecule has 1 fully saturated rings. The summed E-state index contributed by atoms with van der Waals surface area (Å²) < 4.78 is 23.4. The first-order chi connectivity index (χ1) is 10.4. The van der Waals surface area contributed by atoms with E-state index in [1.54, 1.807) is 6.33 Å². The summed E-state index contributed by atoms with van der Waals surface area (Å²) in [6.07, 6.45) is 3.30. The molecule has 0 amide bonds. The summed E-state index contributed by atoms with van der Waals surface area (Å²) in [5.74, 6) is 2.74.